The van der Waals surface area contributed by atoms with Crippen LogP contribution < -0.4 is 5.32 Å². The minimum absolute atomic E-state index is 0.110. The maximum Gasteiger partial charge on any atom is 0.243 e. The molecular weight excluding hydrogens is 352 g/mol. The van der Waals surface area contributed by atoms with Gasteiger partial charge in [-0.3, -0.25) is 0 Å². The third-order valence-corrected chi connectivity index (χ3v) is 4.68. The lowest BCUT2D eigenvalue weighted by Gasteiger charge is -2.31. The maximum atomic E-state index is 13.6. The van der Waals surface area contributed by atoms with Crippen LogP contribution in [0.2, 0.25) is 10.0 Å². The molecule has 0 radical (unpaired) electrons. The van der Waals surface area contributed by atoms with Crippen molar-refractivity contribution in [2.45, 2.75) is 18.5 Å². The number of anilines is 1. The maximum absolute atomic E-state index is 13.6. The Morgan fingerprint density at radius 1 is 1.17 bits per heavy atom. The summed E-state index contributed by atoms with van der Waals surface area (Å²) in [6.07, 6.45) is 0.628. The van der Waals surface area contributed by atoms with Crippen molar-refractivity contribution in [3.05, 3.63) is 69.5 Å². The van der Waals surface area contributed by atoms with Crippen LogP contribution in [0, 0.1) is 5.82 Å². The van der Waals surface area contributed by atoms with Crippen molar-refractivity contribution in [3.63, 3.8) is 0 Å². The third kappa shape index (κ3) is 2.72. The van der Waals surface area contributed by atoms with Crippen LogP contribution in [0.3, 0.4) is 0 Å². The van der Waals surface area contributed by atoms with Gasteiger partial charge in [0.05, 0.1) is 12.1 Å². The summed E-state index contributed by atoms with van der Waals surface area (Å²) in [5, 5.41) is 16.2. The van der Waals surface area contributed by atoms with E-state index in [0.717, 1.165) is 11.1 Å². The van der Waals surface area contributed by atoms with Gasteiger partial charge < -0.3 is 5.32 Å². The third-order valence-electron chi connectivity index (χ3n) is 4.12. The zero-order valence-corrected chi connectivity index (χ0v) is 13.8. The highest BCUT2D eigenvalue weighted by atomic mass is 35.5. The van der Waals surface area contributed by atoms with Gasteiger partial charge in [-0.05, 0) is 52.2 Å². The first kappa shape index (κ1) is 15.4. The number of halogens is 3. The first-order valence-corrected chi connectivity index (χ1v) is 8.12. The van der Waals surface area contributed by atoms with E-state index in [-0.39, 0.29) is 17.9 Å². The number of benzene rings is 2. The van der Waals surface area contributed by atoms with Crippen LogP contribution in [0.25, 0.3) is 0 Å². The monoisotopic (exact) mass is 363 g/mol. The molecule has 4 rings (SSSR count). The van der Waals surface area contributed by atoms with Crippen LogP contribution in [0.5, 0.6) is 0 Å². The molecule has 1 N–H and O–H groups in total. The number of nitrogens with zero attached hydrogens (tertiary/aromatic N) is 4. The van der Waals surface area contributed by atoms with Gasteiger partial charge in [0, 0.05) is 10.0 Å². The molecule has 5 nitrogen and oxygen atoms in total. The quantitative estimate of drug-likeness (QED) is 0.738. The molecule has 0 aliphatic carbocycles. The fraction of sp³-hybridized carbons (Fsp3) is 0.188. The van der Waals surface area contributed by atoms with Crippen LogP contribution in [0.15, 0.2) is 42.5 Å². The van der Waals surface area contributed by atoms with Crippen molar-refractivity contribution in [2.75, 3.05) is 5.32 Å². The highest BCUT2D eigenvalue weighted by molar-refractivity contribution is 6.35. The van der Waals surface area contributed by atoms with Crippen molar-refractivity contribution in [3.8, 4) is 0 Å². The van der Waals surface area contributed by atoms with Crippen molar-refractivity contribution >= 4 is 29.2 Å². The summed E-state index contributed by atoms with van der Waals surface area (Å²) < 4.78 is 15.3. The van der Waals surface area contributed by atoms with Crippen molar-refractivity contribution in [1.82, 2.24) is 20.2 Å². The van der Waals surface area contributed by atoms with Gasteiger partial charge in [0.25, 0.3) is 0 Å². The van der Waals surface area contributed by atoms with E-state index in [2.05, 4.69) is 20.8 Å². The summed E-state index contributed by atoms with van der Waals surface area (Å²) in [7, 11) is 0. The molecule has 122 valence electrons. The topological polar surface area (TPSA) is 55.6 Å². The predicted octanol–water partition coefficient (Wildman–Crippen LogP) is 4.27. The molecule has 2 aromatic carbocycles. The van der Waals surface area contributed by atoms with E-state index in [1.165, 1.54) is 12.1 Å². The Labute approximate surface area is 147 Å². The van der Waals surface area contributed by atoms with E-state index in [9.17, 15) is 4.39 Å². The van der Waals surface area contributed by atoms with Crippen molar-refractivity contribution < 1.29 is 4.39 Å². The summed E-state index contributed by atoms with van der Waals surface area (Å²) in [5.41, 5.74) is 1.71. The molecule has 3 aromatic rings. The molecule has 0 saturated carbocycles. The summed E-state index contributed by atoms with van der Waals surface area (Å²) in [6.45, 7) is 0. The normalized spacial score (nSPS) is 19.6. The number of rotatable bonds is 2. The minimum Gasteiger partial charge on any atom is -0.346 e. The molecule has 0 spiro atoms. The Hall–Kier alpha value is -2.18. The average Bonchev–Trinajstić information content (AvgIpc) is 3.02. The van der Waals surface area contributed by atoms with E-state index in [1.807, 2.05) is 12.1 Å². The standard InChI is InChI=1S/C16H12Cl2FN5/c17-10-4-5-12(13(18)7-10)14-8-15(9-2-1-3-11(19)6-9)24-16(20-14)21-22-23-24/h1-7,14-15H,8H2,(H,20,21,23)/t14-,15-/m0/s1. The minimum atomic E-state index is -0.290. The number of nitrogens with one attached hydrogen (secondary N) is 1. The number of hydrogen-bond donors (Lipinski definition) is 1. The molecular formula is C16H12Cl2FN5. The Morgan fingerprint density at radius 2 is 2.04 bits per heavy atom. The highest BCUT2D eigenvalue weighted by Gasteiger charge is 2.31. The van der Waals surface area contributed by atoms with E-state index in [0.29, 0.717) is 22.4 Å². The Kier molecular flexibility index (Phi) is 3.86. The predicted molar refractivity (Wildman–Crippen MR) is 89.8 cm³/mol. The van der Waals surface area contributed by atoms with Crippen LogP contribution >= 0.6 is 23.2 Å². The highest BCUT2D eigenvalue weighted by Crippen LogP contribution is 2.39. The summed E-state index contributed by atoms with van der Waals surface area (Å²) in [4.78, 5) is 0. The van der Waals surface area contributed by atoms with Gasteiger partial charge in [0.1, 0.15) is 5.82 Å². The number of fused-ring (bicyclic) bond motifs is 1. The lowest BCUT2D eigenvalue weighted by molar-refractivity contribution is 0.422. The second-order valence-electron chi connectivity index (χ2n) is 5.62. The fourth-order valence-corrected chi connectivity index (χ4v) is 3.56. The van der Waals surface area contributed by atoms with E-state index in [1.54, 1.807) is 22.9 Å². The van der Waals surface area contributed by atoms with Crippen LogP contribution in [0.4, 0.5) is 10.3 Å². The van der Waals surface area contributed by atoms with Gasteiger partial charge in [0.15, 0.2) is 0 Å². The van der Waals surface area contributed by atoms with Gasteiger partial charge in [-0.2, -0.15) is 0 Å². The summed E-state index contributed by atoms with van der Waals surface area (Å²) >= 11 is 12.3. The van der Waals surface area contributed by atoms with Crippen molar-refractivity contribution in [1.29, 1.82) is 0 Å². The number of hydrogen-bond acceptors (Lipinski definition) is 4. The summed E-state index contributed by atoms with van der Waals surface area (Å²) in [6, 6.07) is 11.5. The van der Waals surface area contributed by atoms with Gasteiger partial charge in [-0.15, -0.1) is 0 Å². The summed E-state index contributed by atoms with van der Waals surface area (Å²) in [5.74, 6) is 0.230. The smallest absolute Gasteiger partial charge is 0.243 e. The van der Waals surface area contributed by atoms with Gasteiger partial charge in [-0.25, -0.2) is 9.07 Å². The van der Waals surface area contributed by atoms with E-state index < -0.39 is 0 Å². The molecule has 2 atom stereocenters. The van der Waals surface area contributed by atoms with E-state index in [4.69, 9.17) is 23.2 Å². The van der Waals surface area contributed by atoms with Gasteiger partial charge in [0.2, 0.25) is 5.95 Å². The van der Waals surface area contributed by atoms with Gasteiger partial charge >= 0.3 is 0 Å². The lowest BCUT2D eigenvalue weighted by atomic mass is 9.93. The average molecular weight is 364 g/mol. The second-order valence-corrected chi connectivity index (χ2v) is 6.46. The molecule has 1 aromatic heterocycles. The molecule has 1 aliphatic heterocycles. The first-order valence-electron chi connectivity index (χ1n) is 7.36. The molecule has 8 heteroatoms. The SMILES string of the molecule is Fc1cccc([C@@H]2C[C@@H](c3ccc(Cl)cc3Cl)Nc3nnnn32)c1. The number of aromatic nitrogens is 4. The zero-order valence-electron chi connectivity index (χ0n) is 12.3. The molecule has 0 amide bonds. The Balaban J connectivity index is 1.76. The molecule has 0 saturated heterocycles. The zero-order chi connectivity index (χ0) is 16.7. The fourth-order valence-electron chi connectivity index (χ4n) is 3.02. The largest absolute Gasteiger partial charge is 0.346 e. The number of tetrazole rings is 1. The first-order chi connectivity index (χ1) is 11.6. The molecule has 0 bridgehead atoms. The van der Waals surface area contributed by atoms with Crippen molar-refractivity contribution in [2.24, 2.45) is 0 Å². The molecule has 24 heavy (non-hydrogen) atoms. The molecule has 1 aliphatic rings. The van der Waals surface area contributed by atoms with Crippen LogP contribution in [-0.4, -0.2) is 20.2 Å². The van der Waals surface area contributed by atoms with Gasteiger partial charge in [-0.1, -0.05) is 46.5 Å². The van der Waals surface area contributed by atoms with E-state index >= 15 is 0 Å². The molecule has 0 unspecified atom stereocenters. The second kappa shape index (κ2) is 6.03. The molecule has 2 heterocycles. The Morgan fingerprint density at radius 3 is 2.83 bits per heavy atom. The van der Waals surface area contributed by atoms with Crippen LogP contribution in [-0.2, 0) is 0 Å². The molecule has 0 fully saturated rings. The Bertz CT molecular complexity index is 898. The van der Waals surface area contributed by atoms with Crippen LogP contribution in [0.1, 0.15) is 29.6 Å². The lowest BCUT2D eigenvalue weighted by Crippen LogP contribution is -2.28.